The van der Waals surface area contributed by atoms with Crippen molar-refractivity contribution < 1.29 is 18.0 Å². The van der Waals surface area contributed by atoms with Crippen LogP contribution in [0.3, 0.4) is 0 Å². The summed E-state index contributed by atoms with van der Waals surface area (Å²) in [5.41, 5.74) is 0.497. The number of carbonyl (C=O) groups is 2. The van der Waals surface area contributed by atoms with Crippen LogP contribution in [0, 0.1) is 11.8 Å². The average Bonchev–Trinajstić information content (AvgIpc) is 3.20. The van der Waals surface area contributed by atoms with Crippen molar-refractivity contribution in [3.05, 3.63) is 23.4 Å². The Labute approximate surface area is 201 Å². The molecule has 5 rings (SSSR count). The first-order valence-corrected chi connectivity index (χ1v) is 13.8. The van der Waals surface area contributed by atoms with E-state index in [0.29, 0.717) is 54.5 Å². The van der Waals surface area contributed by atoms with Crippen molar-refractivity contribution in [1.29, 1.82) is 0 Å². The third kappa shape index (κ3) is 4.88. The molecule has 12 heteroatoms. The number of likely N-dealkylation sites (tertiary alicyclic amines) is 2. The van der Waals surface area contributed by atoms with Crippen molar-refractivity contribution in [2.75, 3.05) is 39.3 Å². The molecule has 5 heterocycles. The summed E-state index contributed by atoms with van der Waals surface area (Å²) >= 11 is 6.98. The molecule has 0 saturated carbocycles. The number of amides is 2. The molecule has 0 aromatic carbocycles. The second kappa shape index (κ2) is 9.10. The first-order chi connectivity index (χ1) is 15.8. The van der Waals surface area contributed by atoms with E-state index in [-0.39, 0.29) is 27.7 Å². The van der Waals surface area contributed by atoms with Crippen molar-refractivity contribution in [3.63, 3.8) is 0 Å². The summed E-state index contributed by atoms with van der Waals surface area (Å²) < 4.78 is 29.3. The number of rotatable bonds is 5. The lowest BCUT2D eigenvalue weighted by molar-refractivity contribution is -0.144. The maximum absolute atomic E-state index is 13.1. The number of sulfonamides is 1. The van der Waals surface area contributed by atoms with E-state index in [4.69, 9.17) is 11.6 Å². The van der Waals surface area contributed by atoms with Gasteiger partial charge in [-0.15, -0.1) is 11.3 Å². The zero-order valence-electron chi connectivity index (χ0n) is 18.0. The molecule has 2 aromatic rings. The van der Waals surface area contributed by atoms with E-state index in [9.17, 15) is 18.0 Å². The van der Waals surface area contributed by atoms with Gasteiger partial charge in [0.15, 0.2) is 0 Å². The molecule has 3 fully saturated rings. The number of hydrogen-bond donors (Lipinski definition) is 2. The van der Waals surface area contributed by atoms with Crippen LogP contribution in [0.15, 0.2) is 22.4 Å². The van der Waals surface area contributed by atoms with Gasteiger partial charge in [0.05, 0.1) is 16.8 Å². The van der Waals surface area contributed by atoms with Gasteiger partial charge in [0.2, 0.25) is 11.8 Å². The molecule has 33 heavy (non-hydrogen) atoms. The Morgan fingerprint density at radius 2 is 2.03 bits per heavy atom. The maximum Gasteiger partial charge on any atom is 0.250 e. The molecular formula is C21H26ClN5O4S2. The van der Waals surface area contributed by atoms with Gasteiger partial charge in [-0.2, -0.15) is 4.72 Å². The van der Waals surface area contributed by atoms with E-state index < -0.39 is 16.1 Å². The smallest absolute Gasteiger partial charge is 0.250 e. The predicted molar refractivity (Wildman–Crippen MR) is 126 cm³/mol. The molecule has 3 saturated heterocycles. The van der Waals surface area contributed by atoms with Gasteiger partial charge in [0.1, 0.15) is 15.4 Å². The van der Waals surface area contributed by atoms with E-state index in [1.807, 2.05) is 4.90 Å². The van der Waals surface area contributed by atoms with Crippen LogP contribution < -0.4 is 10.0 Å². The Morgan fingerprint density at radius 1 is 1.27 bits per heavy atom. The van der Waals surface area contributed by atoms with Gasteiger partial charge in [0, 0.05) is 19.6 Å². The van der Waals surface area contributed by atoms with E-state index in [2.05, 4.69) is 15.0 Å². The summed E-state index contributed by atoms with van der Waals surface area (Å²) in [7, 11) is -3.91. The lowest BCUT2D eigenvalue weighted by Crippen LogP contribution is -2.57. The van der Waals surface area contributed by atoms with Gasteiger partial charge in [-0.25, -0.2) is 13.4 Å². The van der Waals surface area contributed by atoms with Crippen LogP contribution in [0.4, 0.5) is 0 Å². The number of fused-ring (bicyclic) bond motifs is 3. The molecule has 0 radical (unpaired) electrons. The topological polar surface area (TPSA) is 112 Å². The Balaban J connectivity index is 1.25. The van der Waals surface area contributed by atoms with E-state index >= 15 is 0 Å². The fourth-order valence-corrected chi connectivity index (χ4v) is 7.75. The number of thiophene rings is 1. The second-order valence-corrected chi connectivity index (χ2v) is 12.5. The summed E-state index contributed by atoms with van der Waals surface area (Å²) in [6, 6.07) is 3.90. The number of nitrogens with one attached hydrogen (secondary N) is 2. The van der Waals surface area contributed by atoms with Crippen LogP contribution in [0.1, 0.15) is 19.3 Å². The quantitative estimate of drug-likeness (QED) is 0.585. The first kappa shape index (κ1) is 23.0. The molecule has 178 valence electrons. The lowest BCUT2D eigenvalue weighted by atomic mass is 9.86. The standard InChI is InChI=1S/C21H26ClN5O4S2/c22-18-4-3-17-16(24-18)7-20(32-17)33(30,31)25-15-2-1-5-26(21(15)29)12-19(28)27-10-13-6-14(11-27)9-23-8-13/h3-4,7,13-15,23,25H,1-2,5-6,8-12H2. The normalized spacial score (nSPS) is 26.1. The van der Waals surface area contributed by atoms with Crippen molar-refractivity contribution in [1.82, 2.24) is 24.8 Å². The zero-order valence-corrected chi connectivity index (χ0v) is 20.4. The van der Waals surface area contributed by atoms with Crippen molar-refractivity contribution >= 4 is 55.0 Å². The van der Waals surface area contributed by atoms with Gasteiger partial charge in [-0.1, -0.05) is 11.6 Å². The van der Waals surface area contributed by atoms with Crippen LogP contribution in [0.5, 0.6) is 0 Å². The van der Waals surface area contributed by atoms with E-state index in [1.54, 1.807) is 12.1 Å². The highest BCUT2D eigenvalue weighted by molar-refractivity contribution is 7.91. The Morgan fingerprint density at radius 3 is 2.79 bits per heavy atom. The molecule has 3 unspecified atom stereocenters. The van der Waals surface area contributed by atoms with E-state index in [0.717, 1.165) is 30.8 Å². The van der Waals surface area contributed by atoms with Crippen LogP contribution in [0.25, 0.3) is 10.2 Å². The first-order valence-electron chi connectivity index (χ1n) is 11.1. The van der Waals surface area contributed by atoms with Crippen molar-refractivity contribution in [3.8, 4) is 0 Å². The highest BCUT2D eigenvalue weighted by Gasteiger charge is 2.37. The number of nitrogens with zero attached hydrogens (tertiary/aromatic N) is 3. The number of aromatic nitrogens is 1. The van der Waals surface area contributed by atoms with Crippen LogP contribution in [-0.4, -0.2) is 80.3 Å². The fraction of sp³-hybridized carbons (Fsp3) is 0.571. The van der Waals surface area contributed by atoms with Gasteiger partial charge >= 0.3 is 0 Å². The largest absolute Gasteiger partial charge is 0.341 e. The van der Waals surface area contributed by atoms with Crippen molar-refractivity contribution in [2.24, 2.45) is 11.8 Å². The summed E-state index contributed by atoms with van der Waals surface area (Å²) in [6.07, 6.45) is 2.17. The minimum absolute atomic E-state index is 0.00473. The minimum Gasteiger partial charge on any atom is -0.341 e. The van der Waals surface area contributed by atoms with Gasteiger partial charge in [0.25, 0.3) is 10.0 Å². The molecule has 3 atom stereocenters. The number of piperidine rings is 3. The van der Waals surface area contributed by atoms with Crippen LogP contribution in [0.2, 0.25) is 5.15 Å². The number of carbonyl (C=O) groups excluding carboxylic acids is 2. The molecule has 0 spiro atoms. The highest BCUT2D eigenvalue weighted by atomic mass is 35.5. The lowest BCUT2D eigenvalue weighted by Gasteiger charge is -2.42. The van der Waals surface area contributed by atoms with Crippen LogP contribution >= 0.6 is 22.9 Å². The van der Waals surface area contributed by atoms with Crippen LogP contribution in [-0.2, 0) is 19.6 Å². The molecule has 2 N–H and O–H groups in total. The molecular weight excluding hydrogens is 486 g/mol. The molecule has 2 amide bonds. The molecule has 2 bridgehead atoms. The number of halogens is 1. The summed E-state index contributed by atoms with van der Waals surface area (Å²) in [6.45, 7) is 3.72. The SMILES string of the molecule is O=C(CN1CCCC(NS(=O)(=O)c2cc3nc(Cl)ccc3s2)C1=O)N1CC2CNCC(C2)C1. The van der Waals surface area contributed by atoms with Gasteiger partial charge in [-0.3, -0.25) is 9.59 Å². The minimum atomic E-state index is -3.91. The Bertz CT molecular complexity index is 1170. The number of pyridine rings is 1. The maximum atomic E-state index is 13.1. The Hall–Kier alpha value is -1.79. The van der Waals surface area contributed by atoms with Crippen molar-refractivity contribution in [2.45, 2.75) is 29.5 Å². The predicted octanol–water partition coefficient (Wildman–Crippen LogP) is 1.29. The average molecular weight is 512 g/mol. The second-order valence-electron chi connectivity index (χ2n) is 9.08. The third-order valence-electron chi connectivity index (χ3n) is 6.58. The Kier molecular flexibility index (Phi) is 6.34. The molecule has 0 aliphatic carbocycles. The molecule has 3 aliphatic rings. The molecule has 9 nitrogen and oxygen atoms in total. The van der Waals surface area contributed by atoms with Gasteiger partial charge in [-0.05, 0) is 62.4 Å². The molecule has 2 aromatic heterocycles. The molecule has 3 aliphatic heterocycles. The zero-order chi connectivity index (χ0) is 23.2. The number of hydrogen-bond acceptors (Lipinski definition) is 7. The summed E-state index contributed by atoms with van der Waals surface area (Å²) in [5.74, 6) is 0.516. The van der Waals surface area contributed by atoms with Gasteiger partial charge < -0.3 is 15.1 Å². The monoisotopic (exact) mass is 511 g/mol. The summed E-state index contributed by atoms with van der Waals surface area (Å²) in [5, 5.41) is 3.70. The fourth-order valence-electron chi connectivity index (χ4n) is 5.03. The summed E-state index contributed by atoms with van der Waals surface area (Å²) in [4.78, 5) is 33.5. The third-order valence-corrected chi connectivity index (χ3v) is 9.82. The highest BCUT2D eigenvalue weighted by Crippen LogP contribution is 2.29. The van der Waals surface area contributed by atoms with E-state index in [1.165, 1.54) is 11.0 Å².